The van der Waals surface area contributed by atoms with E-state index in [1.807, 2.05) is 37.4 Å². The molecule has 102 valence electrons. The maximum atomic E-state index is 11.7. The van der Waals surface area contributed by atoms with Crippen molar-refractivity contribution in [2.24, 2.45) is 0 Å². The molecule has 0 saturated carbocycles. The molecule has 4 heteroatoms. The van der Waals surface area contributed by atoms with Gasteiger partial charge in [-0.3, -0.25) is 9.69 Å². The standard InChI is InChI=1S/C15H20N2O2/c1-10(15(2,14(18)19)17(3)4)12-9-16-13-8-6-5-7-11(12)13/h5-10,16H,1-4H3,(H,18,19). The first-order chi connectivity index (χ1) is 8.89. The van der Waals surface area contributed by atoms with Gasteiger partial charge in [-0.1, -0.05) is 25.1 Å². The Morgan fingerprint density at radius 1 is 1.37 bits per heavy atom. The summed E-state index contributed by atoms with van der Waals surface area (Å²) in [7, 11) is 3.61. The first kappa shape index (κ1) is 13.6. The number of aliphatic carboxylic acids is 1. The molecule has 2 aromatic rings. The Labute approximate surface area is 113 Å². The number of para-hydroxylation sites is 1. The smallest absolute Gasteiger partial charge is 0.324 e. The molecular formula is C15H20N2O2. The molecule has 2 atom stereocenters. The van der Waals surface area contributed by atoms with Crippen LogP contribution >= 0.6 is 0 Å². The van der Waals surface area contributed by atoms with Crippen LogP contribution in [0.3, 0.4) is 0 Å². The fourth-order valence-corrected chi connectivity index (χ4v) is 2.52. The van der Waals surface area contributed by atoms with Crippen molar-refractivity contribution in [2.75, 3.05) is 14.1 Å². The minimum Gasteiger partial charge on any atom is -0.480 e. The van der Waals surface area contributed by atoms with Crippen LogP contribution in [0.15, 0.2) is 30.5 Å². The van der Waals surface area contributed by atoms with Gasteiger partial charge in [0.2, 0.25) is 0 Å². The van der Waals surface area contributed by atoms with E-state index in [-0.39, 0.29) is 5.92 Å². The van der Waals surface area contributed by atoms with Gasteiger partial charge >= 0.3 is 5.97 Å². The van der Waals surface area contributed by atoms with Crippen LogP contribution in [-0.2, 0) is 4.79 Å². The molecule has 2 N–H and O–H groups in total. The predicted molar refractivity (Wildman–Crippen MR) is 76.4 cm³/mol. The number of aromatic nitrogens is 1. The van der Waals surface area contributed by atoms with E-state index in [1.54, 1.807) is 25.9 Å². The van der Waals surface area contributed by atoms with Gasteiger partial charge in [-0.25, -0.2) is 0 Å². The third kappa shape index (κ3) is 2.02. The lowest BCUT2D eigenvalue weighted by molar-refractivity contribution is -0.150. The van der Waals surface area contributed by atoms with Gasteiger partial charge in [0.15, 0.2) is 0 Å². The second kappa shape index (κ2) is 4.70. The Morgan fingerprint density at radius 2 is 2.00 bits per heavy atom. The summed E-state index contributed by atoms with van der Waals surface area (Å²) in [5.41, 5.74) is 1.13. The molecule has 0 aliphatic rings. The highest BCUT2D eigenvalue weighted by Gasteiger charge is 2.42. The topological polar surface area (TPSA) is 56.3 Å². The van der Waals surface area contributed by atoms with Crippen molar-refractivity contribution < 1.29 is 9.90 Å². The zero-order chi connectivity index (χ0) is 14.2. The van der Waals surface area contributed by atoms with Gasteiger partial charge in [-0.15, -0.1) is 0 Å². The van der Waals surface area contributed by atoms with Gasteiger partial charge in [-0.2, -0.15) is 0 Å². The highest BCUT2D eigenvalue weighted by molar-refractivity contribution is 5.86. The van der Waals surface area contributed by atoms with Gasteiger partial charge in [-0.05, 0) is 32.6 Å². The zero-order valence-electron chi connectivity index (χ0n) is 11.8. The van der Waals surface area contributed by atoms with Crippen LogP contribution in [0.5, 0.6) is 0 Å². The van der Waals surface area contributed by atoms with E-state index in [9.17, 15) is 9.90 Å². The average Bonchev–Trinajstić information content (AvgIpc) is 2.80. The molecule has 4 nitrogen and oxygen atoms in total. The number of carboxylic acid groups (broad SMARTS) is 1. The number of nitrogens with zero attached hydrogens (tertiary/aromatic N) is 1. The second-order valence-corrected chi connectivity index (χ2v) is 5.36. The lowest BCUT2D eigenvalue weighted by Gasteiger charge is -2.37. The third-order valence-electron chi connectivity index (χ3n) is 4.29. The van der Waals surface area contributed by atoms with Crippen molar-refractivity contribution in [3.8, 4) is 0 Å². The summed E-state index contributed by atoms with van der Waals surface area (Å²) in [5.74, 6) is -0.938. The number of aromatic amines is 1. The van der Waals surface area contributed by atoms with Crippen molar-refractivity contribution in [3.63, 3.8) is 0 Å². The minimum absolute atomic E-state index is 0.129. The molecule has 0 aliphatic heterocycles. The van der Waals surface area contributed by atoms with E-state index in [4.69, 9.17) is 0 Å². The van der Waals surface area contributed by atoms with E-state index in [0.29, 0.717) is 0 Å². The summed E-state index contributed by atoms with van der Waals surface area (Å²) < 4.78 is 0. The van der Waals surface area contributed by atoms with Crippen molar-refractivity contribution in [1.29, 1.82) is 0 Å². The number of benzene rings is 1. The van der Waals surface area contributed by atoms with E-state index in [1.165, 1.54) is 0 Å². The quantitative estimate of drug-likeness (QED) is 0.888. The number of rotatable bonds is 4. The monoisotopic (exact) mass is 260 g/mol. The minimum atomic E-state index is -0.940. The molecule has 19 heavy (non-hydrogen) atoms. The maximum Gasteiger partial charge on any atom is 0.324 e. The van der Waals surface area contributed by atoms with Crippen LogP contribution in [0.2, 0.25) is 0 Å². The molecule has 0 amide bonds. The Balaban J connectivity index is 2.54. The summed E-state index contributed by atoms with van der Waals surface area (Å²) in [4.78, 5) is 16.7. The molecule has 0 saturated heterocycles. The zero-order valence-corrected chi connectivity index (χ0v) is 11.8. The van der Waals surface area contributed by atoms with Crippen LogP contribution in [0.4, 0.5) is 0 Å². The third-order valence-corrected chi connectivity index (χ3v) is 4.29. The molecule has 2 rings (SSSR count). The highest BCUT2D eigenvalue weighted by atomic mass is 16.4. The van der Waals surface area contributed by atoms with Crippen molar-refractivity contribution in [1.82, 2.24) is 9.88 Å². The maximum absolute atomic E-state index is 11.7. The largest absolute Gasteiger partial charge is 0.480 e. The first-order valence-corrected chi connectivity index (χ1v) is 6.36. The molecule has 2 unspecified atom stereocenters. The summed E-state index contributed by atoms with van der Waals surface area (Å²) in [6.45, 7) is 3.73. The van der Waals surface area contributed by atoms with Gasteiger partial charge < -0.3 is 10.1 Å². The molecule has 1 heterocycles. The van der Waals surface area contributed by atoms with E-state index in [0.717, 1.165) is 16.5 Å². The Hall–Kier alpha value is -1.81. The molecule has 1 aromatic heterocycles. The van der Waals surface area contributed by atoms with E-state index >= 15 is 0 Å². The lowest BCUT2D eigenvalue weighted by Crippen LogP contribution is -2.52. The molecule has 0 spiro atoms. The number of H-pyrrole nitrogens is 1. The molecular weight excluding hydrogens is 240 g/mol. The number of hydrogen-bond donors (Lipinski definition) is 2. The highest BCUT2D eigenvalue weighted by Crippen LogP contribution is 2.35. The SMILES string of the molecule is CC(c1c[nH]c2ccccc12)C(C)(C(=O)O)N(C)C. The molecule has 0 radical (unpaired) electrons. The molecule has 1 aromatic carbocycles. The van der Waals surface area contributed by atoms with Gasteiger partial charge in [0.1, 0.15) is 5.54 Å². The molecule has 0 fully saturated rings. The molecule has 0 bridgehead atoms. The fourth-order valence-electron chi connectivity index (χ4n) is 2.52. The number of hydrogen-bond acceptors (Lipinski definition) is 2. The number of carbonyl (C=O) groups is 1. The van der Waals surface area contributed by atoms with E-state index < -0.39 is 11.5 Å². The molecule has 0 aliphatic carbocycles. The van der Waals surface area contributed by atoms with Crippen molar-refractivity contribution >= 4 is 16.9 Å². The normalized spacial score (nSPS) is 16.5. The van der Waals surface area contributed by atoms with Crippen LogP contribution in [-0.4, -0.2) is 40.6 Å². The predicted octanol–water partition coefficient (Wildman–Crippen LogP) is 2.68. The van der Waals surface area contributed by atoms with Crippen LogP contribution in [0, 0.1) is 0 Å². The van der Waals surface area contributed by atoms with Crippen molar-refractivity contribution in [3.05, 3.63) is 36.0 Å². The summed E-state index contributed by atoms with van der Waals surface area (Å²) in [6, 6.07) is 7.96. The van der Waals surface area contributed by atoms with Crippen molar-refractivity contribution in [2.45, 2.75) is 25.3 Å². The number of likely N-dealkylation sites (N-methyl/N-ethyl adjacent to an activating group) is 1. The summed E-state index contributed by atoms with van der Waals surface area (Å²) >= 11 is 0. The van der Waals surface area contributed by atoms with E-state index in [2.05, 4.69) is 4.98 Å². The summed E-state index contributed by atoms with van der Waals surface area (Å²) in [6.07, 6.45) is 1.92. The Kier molecular flexibility index (Phi) is 3.37. The fraction of sp³-hybridized carbons (Fsp3) is 0.400. The van der Waals surface area contributed by atoms with Gasteiger partial charge in [0.25, 0.3) is 0 Å². The Morgan fingerprint density at radius 3 is 2.58 bits per heavy atom. The van der Waals surface area contributed by atoms with Gasteiger partial charge in [0, 0.05) is 23.0 Å². The number of nitrogens with one attached hydrogen (secondary N) is 1. The van der Waals surface area contributed by atoms with Crippen LogP contribution < -0.4 is 0 Å². The van der Waals surface area contributed by atoms with Crippen LogP contribution in [0.1, 0.15) is 25.3 Å². The lowest BCUT2D eigenvalue weighted by atomic mass is 9.81. The second-order valence-electron chi connectivity index (χ2n) is 5.36. The first-order valence-electron chi connectivity index (χ1n) is 6.36. The Bertz CT molecular complexity index is 603. The summed E-state index contributed by atoms with van der Waals surface area (Å²) in [5, 5.41) is 10.7. The average molecular weight is 260 g/mol. The van der Waals surface area contributed by atoms with Crippen LogP contribution in [0.25, 0.3) is 10.9 Å². The number of carboxylic acids is 1. The number of fused-ring (bicyclic) bond motifs is 1. The van der Waals surface area contributed by atoms with Gasteiger partial charge in [0.05, 0.1) is 0 Å².